The zero-order valence-electron chi connectivity index (χ0n) is 13.0. The van der Waals surface area contributed by atoms with Crippen molar-refractivity contribution in [3.8, 4) is 0 Å². The molecule has 5 nitrogen and oxygen atoms in total. The van der Waals surface area contributed by atoms with Crippen LogP contribution in [0.25, 0.3) is 0 Å². The predicted molar refractivity (Wildman–Crippen MR) is 88.5 cm³/mol. The third-order valence-corrected chi connectivity index (χ3v) is 3.63. The molecule has 2 atom stereocenters. The van der Waals surface area contributed by atoms with Crippen molar-refractivity contribution in [2.45, 2.75) is 39.9 Å². The van der Waals surface area contributed by atoms with Gasteiger partial charge in [-0.25, -0.2) is 0 Å². The van der Waals surface area contributed by atoms with Gasteiger partial charge in [-0.1, -0.05) is 6.07 Å². The highest BCUT2D eigenvalue weighted by Crippen LogP contribution is 2.10. The Kier molecular flexibility index (Phi) is 5.25. The Labute approximate surface area is 131 Å². The van der Waals surface area contributed by atoms with Gasteiger partial charge in [0.2, 0.25) is 0 Å². The van der Waals surface area contributed by atoms with Crippen LogP contribution in [0.4, 0.5) is 0 Å². The highest BCUT2D eigenvalue weighted by Gasteiger charge is 2.23. The molecule has 0 amide bonds. The zero-order valence-corrected chi connectivity index (χ0v) is 13.8. The fourth-order valence-electron chi connectivity index (χ4n) is 2.35. The molecule has 1 aliphatic rings. The molecule has 2 unspecified atom stereocenters. The van der Waals surface area contributed by atoms with Crippen molar-refractivity contribution in [2.75, 3.05) is 13.1 Å². The summed E-state index contributed by atoms with van der Waals surface area (Å²) < 4.78 is 5.70. The van der Waals surface area contributed by atoms with E-state index in [1.54, 1.807) is 0 Å². The van der Waals surface area contributed by atoms with Crippen molar-refractivity contribution in [1.29, 1.82) is 0 Å². The summed E-state index contributed by atoms with van der Waals surface area (Å²) >= 11 is 5.41. The lowest BCUT2D eigenvalue weighted by molar-refractivity contribution is -0.0481. The van der Waals surface area contributed by atoms with Crippen LogP contribution in [0.2, 0.25) is 0 Å². The Hall–Kier alpha value is -1.53. The lowest BCUT2D eigenvalue weighted by Crippen LogP contribution is -2.50. The molecule has 0 bridgehead atoms. The van der Waals surface area contributed by atoms with E-state index in [1.807, 2.05) is 32.0 Å². The van der Waals surface area contributed by atoms with Crippen molar-refractivity contribution in [3.05, 3.63) is 29.6 Å². The average Bonchev–Trinajstić information content (AvgIpc) is 2.43. The number of thiocarbonyl (C=S) groups is 1. The standard InChI is InChI=1S/C15H22N4OS/c1-10-6-5-7-14(16-10)13(4)17-18-15(21)19-8-11(2)20-12(3)9-19/h5-7,11-12H,8-9H2,1-4H3,(H,18,21)/b17-13+. The van der Waals surface area contributed by atoms with Gasteiger partial charge in [-0.2, -0.15) is 5.10 Å². The number of hydrogen-bond donors (Lipinski definition) is 1. The van der Waals surface area contributed by atoms with Gasteiger partial charge >= 0.3 is 0 Å². The van der Waals surface area contributed by atoms with Gasteiger partial charge in [0.05, 0.1) is 23.6 Å². The number of hydrazone groups is 1. The van der Waals surface area contributed by atoms with Crippen molar-refractivity contribution in [3.63, 3.8) is 0 Å². The molecule has 2 heterocycles. The number of morpholine rings is 1. The topological polar surface area (TPSA) is 49.8 Å². The van der Waals surface area contributed by atoms with Crippen molar-refractivity contribution in [1.82, 2.24) is 15.3 Å². The van der Waals surface area contributed by atoms with Crippen LogP contribution >= 0.6 is 12.2 Å². The average molecular weight is 306 g/mol. The fraction of sp³-hybridized carbons (Fsp3) is 0.533. The van der Waals surface area contributed by atoms with Crippen molar-refractivity contribution < 1.29 is 4.74 Å². The monoisotopic (exact) mass is 306 g/mol. The van der Waals surface area contributed by atoms with Gasteiger partial charge in [-0.3, -0.25) is 10.4 Å². The van der Waals surface area contributed by atoms with Gasteiger partial charge in [0.15, 0.2) is 5.11 Å². The second-order valence-electron chi connectivity index (χ2n) is 5.44. The number of nitrogens with zero attached hydrogens (tertiary/aromatic N) is 3. The summed E-state index contributed by atoms with van der Waals surface area (Å²) in [5.41, 5.74) is 5.60. The molecule has 1 aromatic rings. The molecule has 21 heavy (non-hydrogen) atoms. The minimum Gasteiger partial charge on any atom is -0.372 e. The molecule has 6 heteroatoms. The first-order chi connectivity index (χ1) is 9.95. The van der Waals surface area contributed by atoms with Crippen LogP contribution in [0.5, 0.6) is 0 Å². The maximum absolute atomic E-state index is 5.70. The van der Waals surface area contributed by atoms with Crippen LogP contribution in [0.1, 0.15) is 32.2 Å². The molecular weight excluding hydrogens is 284 g/mol. The Morgan fingerprint density at radius 1 is 1.38 bits per heavy atom. The smallest absolute Gasteiger partial charge is 0.189 e. The molecule has 1 aromatic heterocycles. The zero-order chi connectivity index (χ0) is 15.4. The molecule has 0 aliphatic carbocycles. The molecular formula is C15H22N4OS. The fourth-order valence-corrected chi connectivity index (χ4v) is 2.54. The van der Waals surface area contributed by atoms with Crippen molar-refractivity contribution >= 4 is 23.0 Å². The molecule has 0 radical (unpaired) electrons. The summed E-state index contributed by atoms with van der Waals surface area (Å²) in [4.78, 5) is 6.53. The SMILES string of the molecule is C/C(=N\NC(=S)N1CC(C)OC(C)C1)c1cccc(C)n1. The third-order valence-electron chi connectivity index (χ3n) is 3.29. The van der Waals surface area contributed by atoms with Gasteiger partial charge in [-0.05, 0) is 52.0 Å². The number of rotatable bonds is 2. The van der Waals surface area contributed by atoms with E-state index in [0.29, 0.717) is 5.11 Å². The van der Waals surface area contributed by atoms with Crippen molar-refractivity contribution in [2.24, 2.45) is 5.10 Å². The third kappa shape index (κ3) is 4.47. The Morgan fingerprint density at radius 2 is 2.05 bits per heavy atom. The molecule has 114 valence electrons. The van der Waals surface area contributed by atoms with E-state index >= 15 is 0 Å². The minimum atomic E-state index is 0.178. The van der Waals surface area contributed by atoms with Crippen LogP contribution in [0.15, 0.2) is 23.3 Å². The Morgan fingerprint density at radius 3 is 2.67 bits per heavy atom. The Balaban J connectivity index is 1.98. The first kappa shape index (κ1) is 15.9. The van der Waals surface area contributed by atoms with Crippen LogP contribution in [0.3, 0.4) is 0 Å². The quantitative estimate of drug-likeness (QED) is 0.515. The number of hydrogen-bond acceptors (Lipinski definition) is 4. The van der Waals surface area contributed by atoms with E-state index in [1.165, 1.54) is 0 Å². The molecule has 0 aromatic carbocycles. The second-order valence-corrected chi connectivity index (χ2v) is 5.83. The summed E-state index contributed by atoms with van der Waals surface area (Å²) in [6.45, 7) is 9.56. The lowest BCUT2D eigenvalue weighted by Gasteiger charge is -2.36. The number of pyridine rings is 1. The van der Waals surface area contributed by atoms with E-state index in [9.17, 15) is 0 Å². The van der Waals surface area contributed by atoms with Crippen LogP contribution in [-0.4, -0.2) is 46.0 Å². The highest BCUT2D eigenvalue weighted by atomic mass is 32.1. The summed E-state index contributed by atoms with van der Waals surface area (Å²) in [7, 11) is 0. The second kappa shape index (κ2) is 6.95. The largest absolute Gasteiger partial charge is 0.372 e. The number of aromatic nitrogens is 1. The van der Waals surface area contributed by atoms with E-state index in [0.717, 1.165) is 30.2 Å². The normalized spacial score (nSPS) is 23.0. The first-order valence-corrected chi connectivity index (χ1v) is 7.55. The van der Waals surface area contributed by atoms with Gasteiger partial charge in [0.1, 0.15) is 0 Å². The molecule has 1 saturated heterocycles. The maximum Gasteiger partial charge on any atom is 0.189 e. The molecule has 1 N–H and O–H groups in total. The van der Waals surface area contributed by atoms with E-state index < -0.39 is 0 Å². The summed E-state index contributed by atoms with van der Waals surface area (Å²) in [6, 6.07) is 5.88. The van der Waals surface area contributed by atoms with Gasteiger partial charge in [0, 0.05) is 18.8 Å². The highest BCUT2D eigenvalue weighted by molar-refractivity contribution is 7.80. The maximum atomic E-state index is 5.70. The summed E-state index contributed by atoms with van der Waals surface area (Å²) in [5.74, 6) is 0. The predicted octanol–water partition coefficient (Wildman–Crippen LogP) is 2.10. The lowest BCUT2D eigenvalue weighted by atomic mass is 10.2. The first-order valence-electron chi connectivity index (χ1n) is 7.14. The number of ether oxygens (including phenoxy) is 1. The van der Waals surface area contributed by atoms with Gasteiger partial charge in [-0.15, -0.1) is 0 Å². The molecule has 2 rings (SSSR count). The number of nitrogens with one attached hydrogen (secondary N) is 1. The summed E-state index contributed by atoms with van der Waals surface area (Å²) in [6.07, 6.45) is 0.356. The van der Waals surface area contributed by atoms with E-state index in [-0.39, 0.29) is 12.2 Å². The number of aryl methyl sites for hydroxylation is 1. The molecule has 1 fully saturated rings. The molecule has 0 saturated carbocycles. The Bertz CT molecular complexity index is 536. The molecule has 0 spiro atoms. The minimum absolute atomic E-state index is 0.178. The van der Waals surface area contributed by atoms with Crippen LogP contribution < -0.4 is 5.43 Å². The van der Waals surface area contributed by atoms with Gasteiger partial charge in [0.25, 0.3) is 0 Å². The van der Waals surface area contributed by atoms with E-state index in [4.69, 9.17) is 17.0 Å². The van der Waals surface area contributed by atoms with Crippen LogP contribution in [-0.2, 0) is 4.74 Å². The van der Waals surface area contributed by atoms with Gasteiger partial charge < -0.3 is 9.64 Å². The van der Waals surface area contributed by atoms with E-state index in [2.05, 4.69) is 34.3 Å². The molecule has 1 aliphatic heterocycles. The summed E-state index contributed by atoms with van der Waals surface area (Å²) in [5, 5.41) is 4.97. The van der Waals surface area contributed by atoms with Crippen LogP contribution in [0, 0.1) is 6.92 Å².